The van der Waals surface area contributed by atoms with Gasteiger partial charge in [0.2, 0.25) is 0 Å². The number of rotatable bonds is 5. The highest BCUT2D eigenvalue weighted by Gasteiger charge is 2.13. The van der Waals surface area contributed by atoms with E-state index < -0.39 is 6.61 Å². The predicted molar refractivity (Wildman–Crippen MR) is 80.0 cm³/mol. The van der Waals surface area contributed by atoms with Crippen LogP contribution in [0.5, 0.6) is 5.75 Å². The molecule has 0 amide bonds. The van der Waals surface area contributed by atoms with Crippen LogP contribution in [-0.2, 0) is 6.54 Å². The molecule has 3 rings (SSSR count). The standard InChI is InChI=1S/C16H12F2N2O3/c17-15(18)23-11-7-5-10(6-8-11)14(21)9-20-13-4-2-1-3-12(13)19-16(20)22/h1-8,15H,9H2,(H,19,22). The van der Waals surface area contributed by atoms with Crippen LogP contribution in [0.25, 0.3) is 11.0 Å². The summed E-state index contributed by atoms with van der Waals surface area (Å²) in [5, 5.41) is 0. The monoisotopic (exact) mass is 318 g/mol. The van der Waals surface area contributed by atoms with Gasteiger partial charge in [-0.1, -0.05) is 12.1 Å². The Hall–Kier alpha value is -2.96. The number of aromatic nitrogens is 2. The first-order valence-corrected chi connectivity index (χ1v) is 6.80. The molecule has 0 aliphatic heterocycles. The molecule has 23 heavy (non-hydrogen) atoms. The largest absolute Gasteiger partial charge is 0.435 e. The molecule has 0 bridgehead atoms. The van der Waals surface area contributed by atoms with Crippen molar-refractivity contribution < 1.29 is 18.3 Å². The second kappa shape index (κ2) is 6.04. The van der Waals surface area contributed by atoms with Gasteiger partial charge < -0.3 is 9.72 Å². The van der Waals surface area contributed by atoms with Crippen molar-refractivity contribution in [3.8, 4) is 5.75 Å². The van der Waals surface area contributed by atoms with E-state index in [1.165, 1.54) is 28.8 Å². The molecule has 1 heterocycles. The maximum Gasteiger partial charge on any atom is 0.387 e. The molecule has 7 heteroatoms. The van der Waals surface area contributed by atoms with Gasteiger partial charge >= 0.3 is 12.3 Å². The number of carbonyl (C=O) groups excluding carboxylic acids is 1. The van der Waals surface area contributed by atoms with E-state index >= 15 is 0 Å². The molecule has 0 fully saturated rings. The van der Waals surface area contributed by atoms with E-state index in [2.05, 4.69) is 9.72 Å². The Kier molecular flexibility index (Phi) is 3.92. The first-order valence-electron chi connectivity index (χ1n) is 6.80. The summed E-state index contributed by atoms with van der Waals surface area (Å²) in [4.78, 5) is 26.9. The number of ketones is 1. The van der Waals surface area contributed by atoms with Crippen molar-refractivity contribution in [2.24, 2.45) is 0 Å². The van der Waals surface area contributed by atoms with Crippen molar-refractivity contribution in [1.82, 2.24) is 9.55 Å². The molecule has 2 aromatic carbocycles. The van der Waals surface area contributed by atoms with Crippen molar-refractivity contribution in [2.75, 3.05) is 0 Å². The first-order chi connectivity index (χ1) is 11.0. The lowest BCUT2D eigenvalue weighted by Crippen LogP contribution is -2.21. The second-order valence-electron chi connectivity index (χ2n) is 4.86. The van der Waals surface area contributed by atoms with E-state index in [1.807, 2.05) is 0 Å². The van der Waals surface area contributed by atoms with Gasteiger partial charge in [0.05, 0.1) is 17.6 Å². The SMILES string of the molecule is O=C(Cn1c(=O)[nH]c2ccccc21)c1ccc(OC(F)F)cc1. The fourth-order valence-electron chi connectivity index (χ4n) is 2.32. The summed E-state index contributed by atoms with van der Waals surface area (Å²) in [6.45, 7) is -3.06. The number of imidazole rings is 1. The van der Waals surface area contributed by atoms with Gasteiger partial charge in [0.15, 0.2) is 5.78 Å². The smallest absolute Gasteiger partial charge is 0.387 e. The topological polar surface area (TPSA) is 64.1 Å². The van der Waals surface area contributed by atoms with Crippen LogP contribution < -0.4 is 10.4 Å². The van der Waals surface area contributed by atoms with Gasteiger partial charge in [-0.3, -0.25) is 9.36 Å². The molecule has 1 aromatic heterocycles. The number of hydrogen-bond donors (Lipinski definition) is 1. The average molecular weight is 318 g/mol. The summed E-state index contributed by atoms with van der Waals surface area (Å²) in [5.74, 6) is -0.332. The zero-order valence-electron chi connectivity index (χ0n) is 11.8. The molecule has 0 aliphatic rings. The summed E-state index contributed by atoms with van der Waals surface area (Å²) in [6.07, 6.45) is 0. The predicted octanol–water partition coefficient (Wildman–Crippen LogP) is 2.81. The molecule has 0 saturated heterocycles. The minimum Gasteiger partial charge on any atom is -0.435 e. The van der Waals surface area contributed by atoms with Crippen LogP contribution in [0.4, 0.5) is 8.78 Å². The maximum absolute atomic E-state index is 12.3. The van der Waals surface area contributed by atoms with E-state index in [4.69, 9.17) is 0 Å². The average Bonchev–Trinajstić information content (AvgIpc) is 2.83. The number of para-hydroxylation sites is 2. The van der Waals surface area contributed by atoms with Gasteiger partial charge in [0, 0.05) is 5.56 Å². The van der Waals surface area contributed by atoms with Gasteiger partial charge in [-0.05, 0) is 36.4 Å². The molecule has 0 saturated carbocycles. The van der Waals surface area contributed by atoms with Gasteiger partial charge in [-0.15, -0.1) is 0 Å². The fourth-order valence-corrected chi connectivity index (χ4v) is 2.32. The number of Topliss-reactive ketones (excluding diaryl/α,β-unsaturated/α-hetero) is 1. The highest BCUT2D eigenvalue weighted by molar-refractivity contribution is 5.96. The molecule has 0 unspecified atom stereocenters. The van der Waals surface area contributed by atoms with Gasteiger partial charge in [0.25, 0.3) is 0 Å². The van der Waals surface area contributed by atoms with E-state index in [-0.39, 0.29) is 23.8 Å². The molecular weight excluding hydrogens is 306 g/mol. The van der Waals surface area contributed by atoms with Crippen molar-refractivity contribution in [3.63, 3.8) is 0 Å². The van der Waals surface area contributed by atoms with Crippen molar-refractivity contribution in [3.05, 3.63) is 64.6 Å². The summed E-state index contributed by atoms with van der Waals surface area (Å²) in [7, 11) is 0. The highest BCUT2D eigenvalue weighted by atomic mass is 19.3. The summed E-state index contributed by atoms with van der Waals surface area (Å²) < 4.78 is 29.7. The zero-order chi connectivity index (χ0) is 16.4. The number of carbonyl (C=O) groups is 1. The lowest BCUT2D eigenvalue weighted by Gasteiger charge is -2.06. The van der Waals surface area contributed by atoms with E-state index in [0.29, 0.717) is 16.6 Å². The summed E-state index contributed by atoms with van der Waals surface area (Å²) >= 11 is 0. The van der Waals surface area contributed by atoms with Crippen LogP contribution in [0.3, 0.4) is 0 Å². The number of nitrogens with one attached hydrogen (secondary N) is 1. The third-order valence-corrected chi connectivity index (χ3v) is 3.38. The van der Waals surface area contributed by atoms with E-state index in [9.17, 15) is 18.4 Å². The molecule has 0 radical (unpaired) electrons. The lowest BCUT2D eigenvalue weighted by atomic mass is 10.1. The van der Waals surface area contributed by atoms with E-state index in [1.54, 1.807) is 24.3 Å². The first kappa shape index (κ1) is 15.0. The number of fused-ring (bicyclic) bond motifs is 1. The number of alkyl halides is 2. The van der Waals surface area contributed by atoms with Crippen LogP contribution in [0, 0.1) is 0 Å². The minimum absolute atomic E-state index is 0.0270. The Morgan fingerprint density at radius 1 is 1.13 bits per heavy atom. The molecule has 5 nitrogen and oxygen atoms in total. The molecule has 118 valence electrons. The Morgan fingerprint density at radius 3 is 2.52 bits per heavy atom. The fraction of sp³-hybridized carbons (Fsp3) is 0.125. The molecule has 0 spiro atoms. The van der Waals surface area contributed by atoms with Crippen molar-refractivity contribution in [1.29, 1.82) is 0 Å². The molecule has 3 aromatic rings. The summed E-state index contributed by atoms with van der Waals surface area (Å²) in [6, 6.07) is 12.4. The minimum atomic E-state index is -2.92. The molecule has 0 atom stereocenters. The van der Waals surface area contributed by atoms with Crippen molar-refractivity contribution >= 4 is 16.8 Å². The Morgan fingerprint density at radius 2 is 1.83 bits per heavy atom. The van der Waals surface area contributed by atoms with Crippen LogP contribution in [0.2, 0.25) is 0 Å². The van der Waals surface area contributed by atoms with Crippen molar-refractivity contribution in [2.45, 2.75) is 13.2 Å². The van der Waals surface area contributed by atoms with Crippen LogP contribution in [-0.4, -0.2) is 21.9 Å². The number of ether oxygens (including phenoxy) is 1. The third-order valence-electron chi connectivity index (χ3n) is 3.38. The van der Waals surface area contributed by atoms with Crippen LogP contribution in [0.1, 0.15) is 10.4 Å². The number of nitrogens with zero attached hydrogens (tertiary/aromatic N) is 1. The van der Waals surface area contributed by atoms with E-state index in [0.717, 1.165) is 0 Å². The number of halogens is 2. The maximum atomic E-state index is 12.3. The molecular formula is C16H12F2N2O3. The second-order valence-corrected chi connectivity index (χ2v) is 4.86. The van der Waals surface area contributed by atoms with Crippen LogP contribution in [0.15, 0.2) is 53.3 Å². The molecule has 0 aliphatic carbocycles. The number of aromatic amines is 1. The Bertz CT molecular complexity index is 898. The van der Waals surface area contributed by atoms with Gasteiger partial charge in [-0.2, -0.15) is 8.78 Å². The number of H-pyrrole nitrogens is 1. The summed E-state index contributed by atoms with van der Waals surface area (Å²) in [5.41, 5.74) is 1.20. The quantitative estimate of drug-likeness (QED) is 0.736. The normalized spacial score (nSPS) is 11.1. The third kappa shape index (κ3) is 3.13. The van der Waals surface area contributed by atoms with Crippen LogP contribution >= 0.6 is 0 Å². The zero-order valence-corrected chi connectivity index (χ0v) is 11.8. The van der Waals surface area contributed by atoms with Gasteiger partial charge in [-0.25, -0.2) is 4.79 Å². The number of hydrogen-bond acceptors (Lipinski definition) is 3. The lowest BCUT2D eigenvalue weighted by molar-refractivity contribution is -0.0498. The Labute approximate surface area is 129 Å². The molecule has 1 N–H and O–H groups in total. The Balaban J connectivity index is 1.83. The highest BCUT2D eigenvalue weighted by Crippen LogP contribution is 2.16. The number of benzene rings is 2. The van der Waals surface area contributed by atoms with Gasteiger partial charge in [0.1, 0.15) is 5.75 Å².